The zero-order chi connectivity index (χ0) is 43.7. The molecule has 6 heteroatoms. The maximum Gasteiger partial charge on any atom is 0.306 e. The van der Waals surface area contributed by atoms with Crippen LogP contribution in [0.15, 0.2) is 24.3 Å². The molecule has 0 bridgehead atoms. The number of carbonyl (C=O) groups is 3. The highest BCUT2D eigenvalue weighted by Crippen LogP contribution is 2.16. The molecule has 0 heterocycles. The first-order valence-corrected chi connectivity index (χ1v) is 26.3. The number of hydrogen-bond donors (Lipinski definition) is 0. The standard InChI is InChI=1S/C54H100O6/c1-4-7-10-13-16-19-22-25-28-31-34-37-40-43-46-52(55)58-49-51(60-54(57)48-45-42-39-36-33-30-27-24-21-18-15-12-9-6-3)50-59-53(56)47-44-41-38-35-32-29-26-23-20-17-14-11-8-5-2/h13,16,22,25,51H,4-12,14-15,17-21,23-24,26-50H2,1-3H3/b16-13+,25-22+/t51-/m0/s1. The zero-order valence-corrected chi connectivity index (χ0v) is 40.2. The Morgan fingerprint density at radius 3 is 0.967 bits per heavy atom. The van der Waals surface area contributed by atoms with Crippen LogP contribution in [0.4, 0.5) is 0 Å². The summed E-state index contributed by atoms with van der Waals surface area (Å²) in [7, 11) is 0. The van der Waals surface area contributed by atoms with Gasteiger partial charge in [0.05, 0.1) is 0 Å². The predicted molar refractivity (Wildman–Crippen MR) is 256 cm³/mol. The first-order valence-electron chi connectivity index (χ1n) is 26.3. The van der Waals surface area contributed by atoms with Crippen molar-refractivity contribution in [2.45, 2.75) is 290 Å². The van der Waals surface area contributed by atoms with Gasteiger partial charge < -0.3 is 14.2 Å². The van der Waals surface area contributed by atoms with Crippen molar-refractivity contribution >= 4 is 17.9 Å². The molecule has 0 saturated carbocycles. The molecule has 0 rings (SSSR count). The van der Waals surface area contributed by atoms with Crippen molar-refractivity contribution in [2.75, 3.05) is 13.2 Å². The summed E-state index contributed by atoms with van der Waals surface area (Å²) in [5, 5.41) is 0. The van der Waals surface area contributed by atoms with E-state index in [1.165, 1.54) is 167 Å². The van der Waals surface area contributed by atoms with Crippen LogP contribution in [-0.2, 0) is 28.6 Å². The molecule has 0 radical (unpaired) electrons. The maximum atomic E-state index is 12.8. The average molecular weight is 845 g/mol. The van der Waals surface area contributed by atoms with E-state index in [1.54, 1.807) is 0 Å². The lowest BCUT2D eigenvalue weighted by molar-refractivity contribution is -0.167. The van der Waals surface area contributed by atoms with Crippen molar-refractivity contribution in [2.24, 2.45) is 0 Å². The molecule has 0 aliphatic heterocycles. The van der Waals surface area contributed by atoms with Gasteiger partial charge >= 0.3 is 17.9 Å². The Labute approximate surface area is 373 Å². The van der Waals surface area contributed by atoms with Crippen LogP contribution in [0.3, 0.4) is 0 Å². The second-order valence-corrected chi connectivity index (χ2v) is 17.8. The van der Waals surface area contributed by atoms with E-state index in [0.29, 0.717) is 19.3 Å². The van der Waals surface area contributed by atoms with E-state index in [0.717, 1.165) is 77.0 Å². The molecule has 0 aromatic heterocycles. The molecule has 6 nitrogen and oxygen atoms in total. The fraction of sp³-hybridized carbons (Fsp3) is 0.870. The van der Waals surface area contributed by atoms with Crippen LogP contribution in [0.1, 0.15) is 284 Å². The van der Waals surface area contributed by atoms with E-state index in [1.807, 2.05) is 0 Å². The molecular weight excluding hydrogens is 745 g/mol. The lowest BCUT2D eigenvalue weighted by atomic mass is 10.0. The van der Waals surface area contributed by atoms with Gasteiger partial charge in [-0.05, 0) is 44.9 Å². The van der Waals surface area contributed by atoms with Gasteiger partial charge in [-0.2, -0.15) is 0 Å². The normalized spacial score (nSPS) is 12.1. The molecule has 0 saturated heterocycles. The molecule has 0 aromatic carbocycles. The molecule has 1 atom stereocenters. The summed E-state index contributed by atoms with van der Waals surface area (Å²) in [6, 6.07) is 0. The Balaban J connectivity index is 4.35. The Kier molecular flexibility index (Phi) is 47.8. The van der Waals surface area contributed by atoms with E-state index in [9.17, 15) is 14.4 Å². The lowest BCUT2D eigenvalue weighted by Gasteiger charge is -2.18. The Morgan fingerprint density at radius 1 is 0.333 bits per heavy atom. The molecule has 0 aliphatic carbocycles. The van der Waals surface area contributed by atoms with Crippen LogP contribution >= 0.6 is 0 Å². The minimum absolute atomic E-state index is 0.0706. The monoisotopic (exact) mass is 845 g/mol. The van der Waals surface area contributed by atoms with Gasteiger partial charge in [0, 0.05) is 19.3 Å². The molecule has 0 fully saturated rings. The van der Waals surface area contributed by atoms with Crippen LogP contribution in [0.2, 0.25) is 0 Å². The van der Waals surface area contributed by atoms with Crippen molar-refractivity contribution in [3.63, 3.8) is 0 Å². The van der Waals surface area contributed by atoms with Crippen molar-refractivity contribution in [3.8, 4) is 0 Å². The molecule has 0 aromatic rings. The molecular formula is C54H100O6. The zero-order valence-electron chi connectivity index (χ0n) is 40.2. The second kappa shape index (κ2) is 49.5. The highest BCUT2D eigenvalue weighted by Gasteiger charge is 2.19. The molecule has 0 spiro atoms. The quantitative estimate of drug-likeness (QED) is 0.0263. The fourth-order valence-electron chi connectivity index (χ4n) is 7.70. The smallest absolute Gasteiger partial charge is 0.306 e. The van der Waals surface area contributed by atoms with Crippen LogP contribution in [-0.4, -0.2) is 37.2 Å². The highest BCUT2D eigenvalue weighted by molar-refractivity contribution is 5.71. The number of ether oxygens (including phenoxy) is 3. The van der Waals surface area contributed by atoms with Crippen molar-refractivity contribution in [1.82, 2.24) is 0 Å². The van der Waals surface area contributed by atoms with Gasteiger partial charge in [0.1, 0.15) is 13.2 Å². The Bertz CT molecular complexity index is 973. The number of esters is 3. The summed E-state index contributed by atoms with van der Waals surface area (Å²) in [5.41, 5.74) is 0. The van der Waals surface area contributed by atoms with E-state index >= 15 is 0 Å². The first-order chi connectivity index (χ1) is 29.5. The SMILES string of the molecule is CCCC/C=C/C/C=C/CCCCCCCC(=O)OC[C@@H](COC(=O)CCCCCCCCCCCCCCCC)OC(=O)CCCCCCCCCCCCCCCC. The number of rotatable bonds is 48. The van der Waals surface area contributed by atoms with Crippen molar-refractivity contribution in [1.29, 1.82) is 0 Å². The minimum Gasteiger partial charge on any atom is -0.462 e. The molecule has 0 amide bonds. The van der Waals surface area contributed by atoms with Crippen molar-refractivity contribution < 1.29 is 28.6 Å². The van der Waals surface area contributed by atoms with Gasteiger partial charge in [0.25, 0.3) is 0 Å². The number of carbonyl (C=O) groups excluding carboxylic acids is 3. The topological polar surface area (TPSA) is 78.9 Å². The maximum absolute atomic E-state index is 12.8. The van der Waals surface area contributed by atoms with Gasteiger partial charge in [-0.3, -0.25) is 14.4 Å². The number of unbranched alkanes of at least 4 members (excludes halogenated alkanes) is 33. The Hall–Kier alpha value is -2.11. The van der Waals surface area contributed by atoms with Crippen LogP contribution in [0, 0.1) is 0 Å². The number of hydrogen-bond acceptors (Lipinski definition) is 6. The second-order valence-electron chi connectivity index (χ2n) is 17.8. The third-order valence-corrected chi connectivity index (χ3v) is 11.7. The lowest BCUT2D eigenvalue weighted by Crippen LogP contribution is -2.30. The Morgan fingerprint density at radius 2 is 0.617 bits per heavy atom. The van der Waals surface area contributed by atoms with Crippen LogP contribution in [0.25, 0.3) is 0 Å². The average Bonchev–Trinajstić information content (AvgIpc) is 3.24. The van der Waals surface area contributed by atoms with Crippen LogP contribution < -0.4 is 0 Å². The summed E-state index contributed by atoms with van der Waals surface area (Å²) >= 11 is 0. The van der Waals surface area contributed by atoms with Gasteiger partial charge in [0.2, 0.25) is 0 Å². The summed E-state index contributed by atoms with van der Waals surface area (Å²) in [4.78, 5) is 38.0. The van der Waals surface area contributed by atoms with Gasteiger partial charge in [-0.25, -0.2) is 0 Å². The molecule has 352 valence electrons. The fourth-order valence-corrected chi connectivity index (χ4v) is 7.70. The third kappa shape index (κ3) is 46.9. The van der Waals surface area contributed by atoms with Crippen LogP contribution in [0.5, 0.6) is 0 Å². The van der Waals surface area contributed by atoms with E-state index in [-0.39, 0.29) is 31.1 Å². The van der Waals surface area contributed by atoms with Crippen molar-refractivity contribution in [3.05, 3.63) is 24.3 Å². The summed E-state index contributed by atoms with van der Waals surface area (Å²) in [5.74, 6) is -0.869. The largest absolute Gasteiger partial charge is 0.462 e. The van der Waals surface area contributed by atoms with E-state index < -0.39 is 6.10 Å². The third-order valence-electron chi connectivity index (χ3n) is 11.7. The summed E-state index contributed by atoms with van der Waals surface area (Å²) < 4.78 is 16.8. The van der Waals surface area contributed by atoms with E-state index in [4.69, 9.17) is 14.2 Å². The highest BCUT2D eigenvalue weighted by atomic mass is 16.6. The predicted octanol–water partition coefficient (Wildman–Crippen LogP) is 17.2. The summed E-state index contributed by atoms with van der Waals surface area (Å²) in [6.45, 7) is 6.62. The van der Waals surface area contributed by atoms with E-state index in [2.05, 4.69) is 45.1 Å². The van der Waals surface area contributed by atoms with Gasteiger partial charge in [-0.1, -0.05) is 244 Å². The van der Waals surface area contributed by atoms with Gasteiger partial charge in [-0.15, -0.1) is 0 Å². The summed E-state index contributed by atoms with van der Waals surface area (Å²) in [6.07, 6.45) is 55.8. The molecule has 0 unspecified atom stereocenters. The first kappa shape index (κ1) is 57.9. The molecule has 60 heavy (non-hydrogen) atoms. The minimum atomic E-state index is -0.770. The van der Waals surface area contributed by atoms with Gasteiger partial charge in [0.15, 0.2) is 6.10 Å². The molecule has 0 N–H and O–H groups in total. The molecule has 0 aliphatic rings. The number of allylic oxidation sites excluding steroid dienone is 4.